The smallest absolute Gasteiger partial charge is 0.240 e. The summed E-state index contributed by atoms with van der Waals surface area (Å²) in [6, 6.07) is 13.6. The normalized spacial score (nSPS) is 10.9. The number of hydrogen-bond acceptors (Lipinski definition) is 6. The number of carbonyl (C=O) groups excluding carboxylic acids is 1. The second-order valence-corrected chi connectivity index (χ2v) is 7.98. The minimum Gasteiger partial charge on any atom is -0.497 e. The second kappa shape index (κ2) is 10.6. The van der Waals surface area contributed by atoms with E-state index in [1.807, 2.05) is 6.92 Å². The lowest BCUT2D eigenvalue weighted by molar-refractivity contribution is -0.119. The van der Waals surface area contributed by atoms with Gasteiger partial charge in [-0.15, -0.1) is 0 Å². The molecule has 0 atom stereocenters. The number of anilines is 1. The van der Waals surface area contributed by atoms with Gasteiger partial charge in [-0.1, -0.05) is 0 Å². The highest BCUT2D eigenvalue weighted by molar-refractivity contribution is 7.92. The van der Waals surface area contributed by atoms with Gasteiger partial charge in [-0.3, -0.25) is 9.10 Å². The maximum atomic E-state index is 12.2. The molecule has 0 spiro atoms. The van der Waals surface area contributed by atoms with Crippen LogP contribution in [0.4, 0.5) is 5.69 Å². The third-order valence-electron chi connectivity index (χ3n) is 3.88. The van der Waals surface area contributed by atoms with E-state index in [0.29, 0.717) is 23.8 Å². The van der Waals surface area contributed by atoms with Gasteiger partial charge in [-0.25, -0.2) is 8.42 Å². The summed E-state index contributed by atoms with van der Waals surface area (Å²) in [4.78, 5) is 12.2. The monoisotopic (exact) mass is 422 g/mol. The van der Waals surface area contributed by atoms with Crippen molar-refractivity contribution in [1.82, 2.24) is 5.32 Å². The number of ether oxygens (including phenoxy) is 3. The Hall–Kier alpha value is -2.94. The van der Waals surface area contributed by atoms with Gasteiger partial charge in [0.1, 0.15) is 30.4 Å². The fraction of sp³-hybridized carbons (Fsp3) is 0.350. The van der Waals surface area contributed by atoms with Crippen LogP contribution in [0.15, 0.2) is 48.5 Å². The van der Waals surface area contributed by atoms with Gasteiger partial charge in [0.2, 0.25) is 15.9 Å². The topological polar surface area (TPSA) is 94.2 Å². The molecule has 1 N–H and O–H groups in total. The summed E-state index contributed by atoms with van der Waals surface area (Å²) >= 11 is 0. The minimum absolute atomic E-state index is 0.242. The number of nitrogens with zero attached hydrogens (tertiary/aromatic N) is 1. The van der Waals surface area contributed by atoms with Crippen LogP contribution in [0.5, 0.6) is 17.2 Å². The molecule has 0 aliphatic carbocycles. The molecule has 2 rings (SSSR count). The van der Waals surface area contributed by atoms with E-state index < -0.39 is 15.9 Å². The fourth-order valence-electron chi connectivity index (χ4n) is 2.49. The molecule has 0 heterocycles. The number of sulfonamides is 1. The average Bonchev–Trinajstić information content (AvgIpc) is 2.70. The van der Waals surface area contributed by atoms with E-state index in [0.717, 1.165) is 16.3 Å². The van der Waals surface area contributed by atoms with Crippen molar-refractivity contribution in [2.45, 2.75) is 6.92 Å². The van der Waals surface area contributed by atoms with Crippen molar-refractivity contribution in [2.75, 3.05) is 44.0 Å². The summed E-state index contributed by atoms with van der Waals surface area (Å²) in [5.74, 6) is 1.57. The Kier molecular flexibility index (Phi) is 8.14. The SMILES string of the molecule is CCOc1ccc(N(CC(=O)NCCOc2ccc(OC)cc2)S(C)(=O)=O)cc1. The first-order chi connectivity index (χ1) is 13.8. The van der Waals surface area contributed by atoms with Gasteiger partial charge < -0.3 is 19.5 Å². The molecule has 0 aliphatic heterocycles. The first-order valence-corrected chi connectivity index (χ1v) is 10.9. The zero-order valence-corrected chi connectivity index (χ0v) is 17.6. The highest BCUT2D eigenvalue weighted by Crippen LogP contribution is 2.21. The lowest BCUT2D eigenvalue weighted by atomic mass is 10.3. The number of amides is 1. The van der Waals surface area contributed by atoms with Crippen LogP contribution in [0.2, 0.25) is 0 Å². The summed E-state index contributed by atoms with van der Waals surface area (Å²) in [5.41, 5.74) is 0.389. The first kappa shape index (κ1) is 22.4. The molecule has 0 aromatic heterocycles. The van der Waals surface area contributed by atoms with Crippen LogP contribution < -0.4 is 23.8 Å². The predicted octanol–water partition coefficient (Wildman–Crippen LogP) is 2.06. The Balaban J connectivity index is 1.87. The number of nitrogens with one attached hydrogen (secondary N) is 1. The first-order valence-electron chi connectivity index (χ1n) is 9.07. The molecule has 158 valence electrons. The molecule has 0 saturated heterocycles. The number of methoxy groups -OCH3 is 1. The van der Waals surface area contributed by atoms with E-state index >= 15 is 0 Å². The second-order valence-electron chi connectivity index (χ2n) is 6.07. The molecule has 8 nitrogen and oxygen atoms in total. The molecule has 9 heteroatoms. The van der Waals surface area contributed by atoms with E-state index in [1.54, 1.807) is 55.6 Å². The van der Waals surface area contributed by atoms with E-state index in [2.05, 4.69) is 5.32 Å². The Morgan fingerprint density at radius 2 is 1.52 bits per heavy atom. The molecular formula is C20H26N2O6S. The third kappa shape index (κ3) is 7.19. The summed E-state index contributed by atoms with van der Waals surface area (Å²) < 4.78 is 41.3. The number of carbonyl (C=O) groups is 1. The largest absolute Gasteiger partial charge is 0.497 e. The Morgan fingerprint density at radius 3 is 2.07 bits per heavy atom. The summed E-state index contributed by atoms with van der Waals surface area (Å²) in [6.07, 6.45) is 1.06. The van der Waals surface area contributed by atoms with Crippen molar-refractivity contribution in [1.29, 1.82) is 0 Å². The van der Waals surface area contributed by atoms with Crippen LogP contribution in [-0.2, 0) is 14.8 Å². The Labute approximate surface area is 171 Å². The molecule has 29 heavy (non-hydrogen) atoms. The molecule has 0 radical (unpaired) electrons. The zero-order chi connectivity index (χ0) is 21.3. The highest BCUT2D eigenvalue weighted by Gasteiger charge is 2.20. The summed E-state index contributed by atoms with van der Waals surface area (Å²) in [6.45, 7) is 2.54. The van der Waals surface area contributed by atoms with Crippen LogP contribution in [0.3, 0.4) is 0 Å². The van der Waals surface area contributed by atoms with Crippen molar-refractivity contribution >= 4 is 21.6 Å². The standard InChI is InChI=1S/C20H26N2O6S/c1-4-27-18-7-5-16(6-8-18)22(29(3,24)25)15-20(23)21-13-14-28-19-11-9-17(26-2)10-12-19/h5-12H,4,13-15H2,1-3H3,(H,21,23). The number of hydrogen-bond donors (Lipinski definition) is 1. The predicted molar refractivity (Wildman–Crippen MR) is 111 cm³/mol. The van der Waals surface area contributed by atoms with Gasteiger partial charge in [0.25, 0.3) is 0 Å². The summed E-state index contributed by atoms with van der Waals surface area (Å²) in [5, 5.41) is 2.66. The van der Waals surface area contributed by atoms with Crippen molar-refractivity contribution in [3.63, 3.8) is 0 Å². The number of rotatable bonds is 11. The molecule has 0 aliphatic rings. The molecule has 1 amide bonds. The minimum atomic E-state index is -3.63. The van der Waals surface area contributed by atoms with Gasteiger partial charge in [-0.2, -0.15) is 0 Å². The maximum Gasteiger partial charge on any atom is 0.240 e. The fourth-order valence-corrected chi connectivity index (χ4v) is 3.35. The molecule has 2 aromatic carbocycles. The van der Waals surface area contributed by atoms with Gasteiger partial charge in [0.15, 0.2) is 0 Å². The maximum absolute atomic E-state index is 12.2. The van der Waals surface area contributed by atoms with E-state index in [1.165, 1.54) is 0 Å². The van der Waals surface area contributed by atoms with Crippen molar-refractivity contribution in [3.05, 3.63) is 48.5 Å². The van der Waals surface area contributed by atoms with Gasteiger partial charge in [0, 0.05) is 0 Å². The molecule has 0 bridgehead atoms. The molecule has 0 unspecified atom stereocenters. The van der Waals surface area contributed by atoms with Crippen molar-refractivity contribution in [2.24, 2.45) is 0 Å². The summed E-state index contributed by atoms with van der Waals surface area (Å²) in [7, 11) is -2.05. The van der Waals surface area contributed by atoms with Gasteiger partial charge in [-0.05, 0) is 55.5 Å². The quantitative estimate of drug-likeness (QED) is 0.557. The van der Waals surface area contributed by atoms with Crippen LogP contribution in [0, 0.1) is 0 Å². The van der Waals surface area contributed by atoms with E-state index in [4.69, 9.17) is 14.2 Å². The van der Waals surface area contributed by atoms with Crippen molar-refractivity contribution < 1.29 is 27.4 Å². The Morgan fingerprint density at radius 1 is 0.966 bits per heavy atom. The highest BCUT2D eigenvalue weighted by atomic mass is 32.2. The van der Waals surface area contributed by atoms with Crippen LogP contribution >= 0.6 is 0 Å². The molecule has 0 fully saturated rings. The lowest BCUT2D eigenvalue weighted by Crippen LogP contribution is -2.41. The van der Waals surface area contributed by atoms with Crippen LogP contribution in [-0.4, -0.2) is 54.0 Å². The van der Waals surface area contributed by atoms with Gasteiger partial charge >= 0.3 is 0 Å². The van der Waals surface area contributed by atoms with E-state index in [-0.39, 0.29) is 19.7 Å². The molecule has 0 saturated carbocycles. The Bertz CT molecular complexity index is 882. The van der Waals surface area contributed by atoms with Crippen LogP contribution in [0.1, 0.15) is 6.92 Å². The van der Waals surface area contributed by atoms with Crippen LogP contribution in [0.25, 0.3) is 0 Å². The van der Waals surface area contributed by atoms with Crippen molar-refractivity contribution in [3.8, 4) is 17.2 Å². The zero-order valence-electron chi connectivity index (χ0n) is 16.8. The molecular weight excluding hydrogens is 396 g/mol. The number of benzene rings is 2. The lowest BCUT2D eigenvalue weighted by Gasteiger charge is -2.22. The third-order valence-corrected chi connectivity index (χ3v) is 5.02. The van der Waals surface area contributed by atoms with E-state index in [9.17, 15) is 13.2 Å². The average molecular weight is 423 g/mol. The molecule has 2 aromatic rings. The van der Waals surface area contributed by atoms with Gasteiger partial charge in [0.05, 0.1) is 32.2 Å².